The molecule has 1 saturated carbocycles. The Morgan fingerprint density at radius 2 is 1.93 bits per heavy atom. The Morgan fingerprint density at radius 1 is 1.07 bits per heavy atom. The fraction of sp³-hybridized carbons (Fsp3) is 0.350. The summed E-state index contributed by atoms with van der Waals surface area (Å²) in [5, 5.41) is 7.67. The van der Waals surface area contributed by atoms with Gasteiger partial charge < -0.3 is 5.32 Å². The average molecular weight is 362 g/mol. The zero-order valence-electron chi connectivity index (χ0n) is 15.0. The highest BCUT2D eigenvalue weighted by Crippen LogP contribution is 2.29. The van der Waals surface area contributed by atoms with Gasteiger partial charge in [-0.25, -0.2) is 0 Å². The van der Waals surface area contributed by atoms with Gasteiger partial charge in [0.25, 0.3) is 0 Å². The van der Waals surface area contributed by atoms with E-state index >= 15 is 0 Å². The zero-order chi connectivity index (χ0) is 18.5. The quantitative estimate of drug-likeness (QED) is 0.754. The minimum Gasteiger partial charge on any atom is -0.353 e. The Labute approximate surface area is 157 Å². The van der Waals surface area contributed by atoms with Gasteiger partial charge in [-0.1, -0.05) is 6.07 Å². The topological polar surface area (TPSA) is 85.6 Å². The van der Waals surface area contributed by atoms with Crippen molar-refractivity contribution in [1.29, 1.82) is 0 Å². The monoisotopic (exact) mass is 362 g/mol. The average Bonchev–Trinajstić information content (AvgIpc) is 3.20. The van der Waals surface area contributed by atoms with E-state index in [9.17, 15) is 4.79 Å². The molecule has 0 saturated heterocycles. The van der Waals surface area contributed by atoms with Crippen LogP contribution in [0.15, 0.2) is 55.5 Å². The second-order valence-electron chi connectivity index (χ2n) is 6.91. The lowest BCUT2D eigenvalue weighted by molar-refractivity contribution is -0.121. The van der Waals surface area contributed by atoms with Crippen LogP contribution in [0.25, 0.3) is 11.3 Å². The minimum atomic E-state index is 0.0653. The van der Waals surface area contributed by atoms with Crippen molar-refractivity contribution in [2.45, 2.75) is 44.2 Å². The van der Waals surface area contributed by atoms with Crippen molar-refractivity contribution in [3.05, 3.63) is 61.1 Å². The molecular formula is C20H22N6O. The van der Waals surface area contributed by atoms with Gasteiger partial charge >= 0.3 is 0 Å². The Bertz CT molecular complexity index is 872. The molecule has 1 aliphatic carbocycles. The van der Waals surface area contributed by atoms with Crippen LogP contribution in [0.4, 0.5) is 0 Å². The minimum absolute atomic E-state index is 0.0653. The molecule has 3 aromatic heterocycles. The highest BCUT2D eigenvalue weighted by molar-refractivity contribution is 5.78. The number of rotatable bonds is 5. The number of amides is 1. The first-order valence-electron chi connectivity index (χ1n) is 9.27. The second-order valence-corrected chi connectivity index (χ2v) is 6.91. The first-order valence-corrected chi connectivity index (χ1v) is 9.27. The smallest absolute Gasteiger partial charge is 0.224 e. The van der Waals surface area contributed by atoms with E-state index in [4.69, 9.17) is 0 Å². The van der Waals surface area contributed by atoms with Crippen molar-refractivity contribution in [3.8, 4) is 11.3 Å². The third kappa shape index (κ3) is 4.36. The van der Waals surface area contributed by atoms with Crippen molar-refractivity contribution in [2.75, 3.05) is 0 Å². The predicted molar refractivity (Wildman–Crippen MR) is 101 cm³/mol. The van der Waals surface area contributed by atoms with Gasteiger partial charge in [0, 0.05) is 42.6 Å². The van der Waals surface area contributed by atoms with Crippen LogP contribution in [0.1, 0.15) is 37.3 Å². The maximum Gasteiger partial charge on any atom is 0.224 e. The van der Waals surface area contributed by atoms with Crippen molar-refractivity contribution in [1.82, 2.24) is 30.0 Å². The molecule has 0 aromatic carbocycles. The van der Waals surface area contributed by atoms with Crippen LogP contribution in [-0.4, -0.2) is 36.7 Å². The largest absolute Gasteiger partial charge is 0.353 e. The Balaban J connectivity index is 1.29. The number of carbonyl (C=O) groups is 1. The van der Waals surface area contributed by atoms with Crippen LogP contribution in [0, 0.1) is 0 Å². The van der Waals surface area contributed by atoms with E-state index < -0.39 is 0 Å². The molecule has 0 aliphatic heterocycles. The summed E-state index contributed by atoms with van der Waals surface area (Å²) >= 11 is 0. The van der Waals surface area contributed by atoms with Crippen LogP contribution < -0.4 is 5.32 Å². The summed E-state index contributed by atoms with van der Waals surface area (Å²) in [7, 11) is 0. The Morgan fingerprint density at radius 3 is 2.67 bits per heavy atom. The molecule has 1 N–H and O–H groups in total. The molecule has 27 heavy (non-hydrogen) atoms. The molecule has 0 bridgehead atoms. The van der Waals surface area contributed by atoms with Gasteiger partial charge in [-0.15, -0.1) is 0 Å². The fourth-order valence-corrected chi connectivity index (χ4v) is 3.57. The number of aromatic nitrogens is 5. The van der Waals surface area contributed by atoms with Gasteiger partial charge in [0.1, 0.15) is 0 Å². The second kappa shape index (κ2) is 8.07. The zero-order valence-corrected chi connectivity index (χ0v) is 15.0. The summed E-state index contributed by atoms with van der Waals surface area (Å²) in [6, 6.07) is 4.38. The van der Waals surface area contributed by atoms with E-state index in [-0.39, 0.29) is 11.9 Å². The lowest BCUT2D eigenvalue weighted by Gasteiger charge is -2.29. The molecule has 0 atom stereocenters. The lowest BCUT2D eigenvalue weighted by Crippen LogP contribution is -2.38. The van der Waals surface area contributed by atoms with E-state index in [1.807, 2.05) is 29.2 Å². The number of nitrogens with one attached hydrogen (secondary N) is 1. The predicted octanol–water partition coefficient (Wildman–Crippen LogP) is 2.58. The van der Waals surface area contributed by atoms with Gasteiger partial charge in [-0.2, -0.15) is 5.10 Å². The molecule has 3 heterocycles. The van der Waals surface area contributed by atoms with E-state index in [2.05, 4.69) is 25.4 Å². The Hall–Kier alpha value is -3.09. The van der Waals surface area contributed by atoms with E-state index in [1.165, 1.54) is 0 Å². The normalized spacial score (nSPS) is 19.6. The third-order valence-electron chi connectivity index (χ3n) is 4.98. The molecule has 1 amide bonds. The number of pyridine rings is 1. The fourth-order valence-electron chi connectivity index (χ4n) is 3.57. The molecular weight excluding hydrogens is 340 g/mol. The highest BCUT2D eigenvalue weighted by atomic mass is 16.1. The van der Waals surface area contributed by atoms with E-state index in [1.54, 1.807) is 31.0 Å². The molecule has 0 radical (unpaired) electrons. The molecule has 7 heteroatoms. The van der Waals surface area contributed by atoms with Crippen molar-refractivity contribution in [3.63, 3.8) is 0 Å². The van der Waals surface area contributed by atoms with E-state index in [0.29, 0.717) is 12.5 Å². The van der Waals surface area contributed by atoms with Gasteiger partial charge in [-0.05, 0) is 37.3 Å². The standard InChI is InChI=1S/C20H22N6O/c27-20(10-15-2-1-7-21-11-15)25-17-3-5-18(6-4-17)26-14-16(12-24-26)19-13-22-8-9-23-19/h1-2,7-9,11-14,17-18H,3-6,10H2,(H,25,27). The molecule has 3 aromatic rings. The first kappa shape index (κ1) is 17.3. The van der Waals surface area contributed by atoms with Crippen LogP contribution in [0.3, 0.4) is 0 Å². The summed E-state index contributed by atoms with van der Waals surface area (Å²) < 4.78 is 2.03. The van der Waals surface area contributed by atoms with Gasteiger partial charge in [-0.3, -0.25) is 24.4 Å². The van der Waals surface area contributed by atoms with Gasteiger partial charge in [0.15, 0.2) is 0 Å². The molecule has 1 fully saturated rings. The summed E-state index contributed by atoms with van der Waals surface area (Å²) in [5.74, 6) is 0.0653. The first-order chi connectivity index (χ1) is 13.3. The van der Waals surface area contributed by atoms with Crippen LogP contribution >= 0.6 is 0 Å². The third-order valence-corrected chi connectivity index (χ3v) is 4.98. The highest BCUT2D eigenvalue weighted by Gasteiger charge is 2.24. The maximum absolute atomic E-state index is 12.2. The number of nitrogens with zero attached hydrogens (tertiary/aromatic N) is 5. The number of hydrogen-bond donors (Lipinski definition) is 1. The SMILES string of the molecule is O=C(Cc1cccnc1)NC1CCC(n2cc(-c3cnccn3)cn2)CC1. The maximum atomic E-state index is 12.2. The van der Waals surface area contributed by atoms with E-state index in [0.717, 1.165) is 42.5 Å². The number of hydrogen-bond acceptors (Lipinski definition) is 5. The van der Waals surface area contributed by atoms with Gasteiger partial charge in [0.05, 0.1) is 30.6 Å². The van der Waals surface area contributed by atoms with Crippen molar-refractivity contribution in [2.24, 2.45) is 0 Å². The lowest BCUT2D eigenvalue weighted by atomic mass is 9.91. The van der Waals surface area contributed by atoms with Crippen LogP contribution in [0.5, 0.6) is 0 Å². The van der Waals surface area contributed by atoms with Crippen molar-refractivity contribution < 1.29 is 4.79 Å². The summed E-state index contributed by atoms with van der Waals surface area (Å²) in [5.41, 5.74) is 2.76. The number of carbonyl (C=O) groups excluding carboxylic acids is 1. The Kier molecular flexibility index (Phi) is 5.18. The molecule has 138 valence electrons. The summed E-state index contributed by atoms with van der Waals surface area (Å²) in [6.45, 7) is 0. The van der Waals surface area contributed by atoms with Gasteiger partial charge in [0.2, 0.25) is 5.91 Å². The summed E-state index contributed by atoms with van der Waals surface area (Å²) in [4.78, 5) is 24.7. The molecule has 1 aliphatic rings. The van der Waals surface area contributed by atoms with Crippen molar-refractivity contribution >= 4 is 5.91 Å². The molecule has 7 nitrogen and oxygen atoms in total. The molecule has 4 rings (SSSR count). The summed E-state index contributed by atoms with van der Waals surface area (Å²) in [6.07, 6.45) is 16.7. The molecule has 0 spiro atoms. The van der Waals surface area contributed by atoms with Crippen LogP contribution in [0.2, 0.25) is 0 Å². The van der Waals surface area contributed by atoms with Crippen LogP contribution in [-0.2, 0) is 11.2 Å². The molecule has 0 unspecified atom stereocenters.